The Hall–Kier alpha value is -2.58. The number of Topliss-reactive ketones (excluding diaryl/α,β-unsaturated/α-hetero) is 1. The normalized spacial score (nSPS) is 19.4. The number of carbonyl (C=O) groups is 4. The molecule has 1 unspecified atom stereocenters. The number of halogens is 2. The third kappa shape index (κ3) is 3.63. The number of esters is 1. The Balaban J connectivity index is 1.94. The molecule has 27 heavy (non-hydrogen) atoms. The van der Waals surface area contributed by atoms with E-state index in [1.807, 2.05) is 0 Å². The van der Waals surface area contributed by atoms with Gasteiger partial charge in [-0.05, 0) is 18.2 Å². The number of nitrogens with zero attached hydrogens (tertiary/aromatic N) is 1. The maximum atomic E-state index is 12.8. The van der Waals surface area contributed by atoms with Gasteiger partial charge in [-0.25, -0.2) is 4.79 Å². The lowest BCUT2D eigenvalue weighted by Gasteiger charge is -2.40. The van der Waals surface area contributed by atoms with Crippen LogP contribution in [0.1, 0.15) is 6.42 Å². The van der Waals surface area contributed by atoms with E-state index in [1.165, 1.54) is 17.0 Å². The van der Waals surface area contributed by atoms with E-state index < -0.39 is 29.6 Å². The van der Waals surface area contributed by atoms with Crippen LogP contribution in [0.5, 0.6) is 0 Å². The zero-order valence-corrected chi connectivity index (χ0v) is 15.7. The van der Waals surface area contributed by atoms with Crippen LogP contribution < -0.4 is 10.6 Å². The van der Waals surface area contributed by atoms with E-state index >= 15 is 0 Å². The summed E-state index contributed by atoms with van der Waals surface area (Å²) >= 11 is 11.9. The Morgan fingerprint density at radius 3 is 2.70 bits per heavy atom. The molecule has 8 nitrogen and oxygen atoms in total. The van der Waals surface area contributed by atoms with Crippen LogP contribution in [-0.4, -0.2) is 54.7 Å². The number of hydrogen-bond donors (Lipinski definition) is 2. The molecule has 0 bridgehead atoms. The molecule has 2 amide bonds. The maximum absolute atomic E-state index is 12.8. The number of rotatable bonds is 3. The monoisotopic (exact) mass is 411 g/mol. The van der Waals surface area contributed by atoms with Crippen LogP contribution in [0.15, 0.2) is 29.5 Å². The molecule has 2 aliphatic rings. The summed E-state index contributed by atoms with van der Waals surface area (Å²) in [4.78, 5) is 51.0. The van der Waals surface area contributed by atoms with Gasteiger partial charge in [0, 0.05) is 24.5 Å². The molecule has 1 atom stereocenters. The number of hydrogen-bond acceptors (Lipinski definition) is 6. The first-order chi connectivity index (χ1) is 12.8. The number of ketones is 1. The second-order valence-electron chi connectivity index (χ2n) is 5.92. The molecule has 1 fully saturated rings. The third-order valence-electron chi connectivity index (χ3n) is 4.29. The summed E-state index contributed by atoms with van der Waals surface area (Å²) in [7, 11) is 1.12. The smallest absolute Gasteiger partial charge is 0.343 e. The van der Waals surface area contributed by atoms with E-state index in [0.717, 1.165) is 7.11 Å². The highest BCUT2D eigenvalue weighted by molar-refractivity contribution is 6.36. The molecule has 1 saturated heterocycles. The van der Waals surface area contributed by atoms with Gasteiger partial charge in [-0.3, -0.25) is 14.4 Å². The van der Waals surface area contributed by atoms with Crippen molar-refractivity contribution >= 4 is 52.5 Å². The summed E-state index contributed by atoms with van der Waals surface area (Å²) in [6, 6.07) is 3.61. The van der Waals surface area contributed by atoms with Gasteiger partial charge in [0.25, 0.3) is 5.91 Å². The standard InChI is InChI=1S/C17H15Cl2N3O5/c1-27-17(26)13-12(23)7-11(22-5-4-20-16(25)14(13)22)15(24)21-10-3-2-8(18)6-9(10)19/h2-3,6,11H,4-5,7H2,1H3,(H,20,25)(H,21,24). The number of fused-ring (bicyclic) bond motifs is 1. The van der Waals surface area contributed by atoms with Crippen molar-refractivity contribution in [3.05, 3.63) is 39.5 Å². The highest BCUT2D eigenvalue weighted by atomic mass is 35.5. The van der Waals surface area contributed by atoms with Crippen LogP contribution in [0.2, 0.25) is 10.0 Å². The summed E-state index contributed by atoms with van der Waals surface area (Å²) in [5, 5.41) is 5.85. The molecular weight excluding hydrogens is 397 g/mol. The van der Waals surface area contributed by atoms with Gasteiger partial charge >= 0.3 is 5.97 Å². The number of ether oxygens (including phenoxy) is 1. The lowest BCUT2D eigenvalue weighted by atomic mass is 9.92. The summed E-state index contributed by atoms with van der Waals surface area (Å²) in [6.45, 7) is 0.539. The first-order valence-electron chi connectivity index (χ1n) is 8.00. The van der Waals surface area contributed by atoms with Gasteiger partial charge in [0.1, 0.15) is 17.3 Å². The van der Waals surface area contributed by atoms with Crippen LogP contribution in [0, 0.1) is 0 Å². The summed E-state index contributed by atoms with van der Waals surface area (Å²) in [6.07, 6.45) is -0.266. The van der Waals surface area contributed by atoms with Crippen molar-refractivity contribution in [2.24, 2.45) is 0 Å². The molecule has 1 aromatic rings. The molecule has 0 aromatic heterocycles. The largest absolute Gasteiger partial charge is 0.465 e. The summed E-state index contributed by atoms with van der Waals surface area (Å²) < 4.78 is 4.62. The van der Waals surface area contributed by atoms with Gasteiger partial charge in [-0.15, -0.1) is 0 Å². The van der Waals surface area contributed by atoms with Crippen LogP contribution in [-0.2, 0) is 23.9 Å². The molecule has 2 N–H and O–H groups in total. The number of carbonyl (C=O) groups excluding carboxylic acids is 4. The molecule has 3 rings (SSSR count). The maximum Gasteiger partial charge on any atom is 0.343 e. The summed E-state index contributed by atoms with van der Waals surface area (Å²) in [5.41, 5.74) is -0.167. The fraction of sp³-hybridized carbons (Fsp3) is 0.294. The molecule has 142 valence electrons. The first kappa shape index (κ1) is 19.2. The third-order valence-corrected chi connectivity index (χ3v) is 4.84. The average Bonchev–Trinajstić information content (AvgIpc) is 2.63. The molecule has 10 heteroatoms. The number of amides is 2. The second kappa shape index (κ2) is 7.58. The van der Waals surface area contributed by atoms with Crippen LogP contribution >= 0.6 is 23.2 Å². The van der Waals surface area contributed by atoms with E-state index in [2.05, 4.69) is 15.4 Å². The number of anilines is 1. The predicted molar refractivity (Wildman–Crippen MR) is 97.3 cm³/mol. The lowest BCUT2D eigenvalue weighted by Crippen LogP contribution is -2.57. The fourth-order valence-corrected chi connectivity index (χ4v) is 3.51. The van der Waals surface area contributed by atoms with Gasteiger partial charge in [0.15, 0.2) is 5.78 Å². The average molecular weight is 412 g/mol. The molecular formula is C17H15Cl2N3O5. The van der Waals surface area contributed by atoms with Gasteiger partial charge in [0.2, 0.25) is 5.91 Å². The Bertz CT molecular complexity index is 883. The minimum Gasteiger partial charge on any atom is -0.465 e. The Morgan fingerprint density at radius 2 is 2.04 bits per heavy atom. The van der Waals surface area contributed by atoms with E-state index in [-0.39, 0.29) is 35.8 Å². The molecule has 0 aliphatic carbocycles. The number of methoxy groups -OCH3 is 1. The molecule has 0 radical (unpaired) electrons. The van der Waals surface area contributed by atoms with E-state index in [4.69, 9.17) is 23.2 Å². The van der Waals surface area contributed by atoms with E-state index in [0.29, 0.717) is 10.7 Å². The molecule has 2 aliphatic heterocycles. The number of piperazine rings is 1. The highest BCUT2D eigenvalue weighted by Crippen LogP contribution is 2.30. The number of nitrogens with one attached hydrogen (secondary N) is 2. The van der Waals surface area contributed by atoms with Gasteiger partial charge in [-0.1, -0.05) is 23.2 Å². The first-order valence-corrected chi connectivity index (χ1v) is 8.75. The molecule has 1 aromatic carbocycles. The van der Waals surface area contributed by atoms with Crippen molar-refractivity contribution < 1.29 is 23.9 Å². The van der Waals surface area contributed by atoms with Crippen molar-refractivity contribution in [2.75, 3.05) is 25.5 Å². The van der Waals surface area contributed by atoms with Crippen LogP contribution in [0.4, 0.5) is 5.69 Å². The SMILES string of the molecule is COC(=O)C1=C2C(=O)NCCN2C(C(=O)Nc2ccc(Cl)cc2Cl)CC1=O. The Labute approximate surface area is 164 Å². The van der Waals surface area contributed by atoms with Crippen molar-refractivity contribution in [1.29, 1.82) is 0 Å². The molecule has 0 spiro atoms. The zero-order valence-electron chi connectivity index (χ0n) is 14.2. The fourth-order valence-electron chi connectivity index (χ4n) is 3.06. The lowest BCUT2D eigenvalue weighted by molar-refractivity contribution is -0.141. The van der Waals surface area contributed by atoms with Gasteiger partial charge < -0.3 is 20.3 Å². The Kier molecular flexibility index (Phi) is 5.38. The minimum absolute atomic E-state index is 0.147. The molecule has 2 heterocycles. The second-order valence-corrected chi connectivity index (χ2v) is 6.76. The van der Waals surface area contributed by atoms with Crippen molar-refractivity contribution in [3.63, 3.8) is 0 Å². The van der Waals surface area contributed by atoms with Crippen LogP contribution in [0.25, 0.3) is 0 Å². The van der Waals surface area contributed by atoms with Crippen molar-refractivity contribution in [1.82, 2.24) is 10.2 Å². The van der Waals surface area contributed by atoms with E-state index in [9.17, 15) is 19.2 Å². The predicted octanol–water partition coefficient (Wildman–Crippen LogP) is 1.13. The van der Waals surface area contributed by atoms with E-state index in [1.54, 1.807) is 6.07 Å². The summed E-state index contributed by atoms with van der Waals surface area (Å²) in [5.74, 6) is -2.66. The van der Waals surface area contributed by atoms with Crippen molar-refractivity contribution in [2.45, 2.75) is 12.5 Å². The number of benzene rings is 1. The Morgan fingerprint density at radius 1 is 1.30 bits per heavy atom. The van der Waals surface area contributed by atoms with Gasteiger partial charge in [0.05, 0.1) is 17.8 Å². The quantitative estimate of drug-likeness (QED) is 0.570. The van der Waals surface area contributed by atoms with Gasteiger partial charge in [-0.2, -0.15) is 0 Å². The topological polar surface area (TPSA) is 105 Å². The highest BCUT2D eigenvalue weighted by Gasteiger charge is 2.44. The molecule has 0 saturated carbocycles. The minimum atomic E-state index is -0.960. The zero-order chi connectivity index (χ0) is 19.7. The van der Waals surface area contributed by atoms with Crippen LogP contribution in [0.3, 0.4) is 0 Å². The van der Waals surface area contributed by atoms with Crippen molar-refractivity contribution in [3.8, 4) is 0 Å².